The lowest BCUT2D eigenvalue weighted by molar-refractivity contribution is 0.170. The van der Waals surface area contributed by atoms with E-state index in [-0.39, 0.29) is 30.9 Å². The van der Waals surface area contributed by atoms with Crippen molar-refractivity contribution in [3.63, 3.8) is 0 Å². The maximum atomic E-state index is 10.2. The van der Waals surface area contributed by atoms with Gasteiger partial charge in [0.25, 0.3) is 0 Å². The number of phenols is 1. The van der Waals surface area contributed by atoms with Crippen molar-refractivity contribution < 1.29 is 5.11 Å². The van der Waals surface area contributed by atoms with Crippen LogP contribution in [-0.4, -0.2) is 36.2 Å². The molecule has 0 radical (unpaired) electrons. The van der Waals surface area contributed by atoms with Gasteiger partial charge in [-0.05, 0) is 25.5 Å². The van der Waals surface area contributed by atoms with Crippen molar-refractivity contribution in [2.24, 2.45) is 0 Å². The van der Waals surface area contributed by atoms with E-state index in [1.807, 2.05) is 19.1 Å². The Kier molecular flexibility index (Phi) is 9.58. The molecule has 0 bridgehead atoms. The van der Waals surface area contributed by atoms with Crippen LogP contribution in [0.15, 0.2) is 34.8 Å². The topological polar surface area (TPSA) is 35.5 Å². The number of nitrogens with zero attached hydrogens (tertiary/aromatic N) is 1. The van der Waals surface area contributed by atoms with Crippen molar-refractivity contribution in [3.8, 4) is 5.75 Å². The SMILES string of the molecule is C=C(C)C[C@H](c1ccc(Br)cc1O)N1CCNCC1.Cl.Cl. The van der Waals surface area contributed by atoms with Crippen LogP contribution >= 0.6 is 40.7 Å². The first-order valence-corrected chi connectivity index (χ1v) is 7.45. The summed E-state index contributed by atoms with van der Waals surface area (Å²) in [4.78, 5) is 2.42. The number of aromatic hydroxyl groups is 1. The zero-order chi connectivity index (χ0) is 13.8. The maximum Gasteiger partial charge on any atom is 0.121 e. The molecule has 1 heterocycles. The monoisotopic (exact) mass is 396 g/mol. The Balaban J connectivity index is 0.00000200. The molecule has 6 heteroatoms. The number of hydrogen-bond acceptors (Lipinski definition) is 3. The molecule has 1 saturated heterocycles. The van der Waals surface area contributed by atoms with E-state index in [0.29, 0.717) is 5.75 Å². The normalized spacial score (nSPS) is 16.5. The van der Waals surface area contributed by atoms with E-state index in [0.717, 1.165) is 48.2 Å². The van der Waals surface area contributed by atoms with E-state index in [2.05, 4.69) is 32.7 Å². The van der Waals surface area contributed by atoms with Gasteiger partial charge in [-0.1, -0.05) is 27.6 Å². The largest absolute Gasteiger partial charge is 0.508 e. The molecule has 120 valence electrons. The molecule has 0 aliphatic carbocycles. The summed E-state index contributed by atoms with van der Waals surface area (Å²) in [6, 6.07) is 5.98. The molecule has 0 saturated carbocycles. The van der Waals surface area contributed by atoms with Crippen molar-refractivity contribution in [1.29, 1.82) is 0 Å². The fourth-order valence-electron chi connectivity index (χ4n) is 2.56. The molecule has 1 aliphatic heterocycles. The third kappa shape index (κ3) is 5.80. The third-order valence-electron chi connectivity index (χ3n) is 3.49. The lowest BCUT2D eigenvalue weighted by Crippen LogP contribution is -2.45. The third-order valence-corrected chi connectivity index (χ3v) is 3.98. The van der Waals surface area contributed by atoms with E-state index >= 15 is 0 Å². The molecular weight excluding hydrogens is 375 g/mol. The summed E-state index contributed by atoms with van der Waals surface area (Å²) in [5, 5.41) is 13.6. The van der Waals surface area contributed by atoms with Crippen LogP contribution in [0.1, 0.15) is 24.9 Å². The van der Waals surface area contributed by atoms with Crippen molar-refractivity contribution in [3.05, 3.63) is 40.4 Å². The van der Waals surface area contributed by atoms with Gasteiger partial charge < -0.3 is 10.4 Å². The zero-order valence-corrected chi connectivity index (χ0v) is 15.4. The smallest absolute Gasteiger partial charge is 0.121 e. The maximum absolute atomic E-state index is 10.2. The summed E-state index contributed by atoms with van der Waals surface area (Å²) in [6.45, 7) is 10.1. The van der Waals surface area contributed by atoms with Gasteiger partial charge in [-0.25, -0.2) is 0 Å². The fraction of sp³-hybridized carbons (Fsp3) is 0.467. The fourth-order valence-corrected chi connectivity index (χ4v) is 2.91. The van der Waals surface area contributed by atoms with E-state index in [4.69, 9.17) is 0 Å². The summed E-state index contributed by atoms with van der Waals surface area (Å²) < 4.78 is 0.906. The minimum Gasteiger partial charge on any atom is -0.508 e. The van der Waals surface area contributed by atoms with Crippen LogP contribution in [0.25, 0.3) is 0 Å². The van der Waals surface area contributed by atoms with E-state index in [9.17, 15) is 5.11 Å². The van der Waals surface area contributed by atoms with Gasteiger partial charge in [0.15, 0.2) is 0 Å². The van der Waals surface area contributed by atoms with Gasteiger partial charge in [0.1, 0.15) is 5.75 Å². The Morgan fingerprint density at radius 1 is 1.38 bits per heavy atom. The molecule has 0 amide bonds. The van der Waals surface area contributed by atoms with Crippen LogP contribution < -0.4 is 5.32 Å². The standard InChI is InChI=1S/C15H21BrN2O.2ClH/c1-11(2)9-14(18-7-5-17-6-8-18)13-4-3-12(16)10-15(13)19;;/h3-4,10,14,17,19H,1,5-9H2,2H3;2*1H/t14-;;/m1../s1. The average molecular weight is 398 g/mol. The van der Waals surface area contributed by atoms with Crippen LogP contribution in [0.4, 0.5) is 0 Å². The van der Waals surface area contributed by atoms with Crippen molar-refractivity contribution in [2.45, 2.75) is 19.4 Å². The van der Waals surface area contributed by atoms with Gasteiger partial charge in [0.05, 0.1) is 0 Å². The summed E-state index contributed by atoms with van der Waals surface area (Å²) in [6.07, 6.45) is 0.884. The summed E-state index contributed by atoms with van der Waals surface area (Å²) in [7, 11) is 0. The first-order chi connectivity index (χ1) is 9.08. The molecule has 21 heavy (non-hydrogen) atoms. The molecule has 1 atom stereocenters. The molecule has 0 aromatic heterocycles. The lowest BCUT2D eigenvalue weighted by Gasteiger charge is -2.35. The molecule has 1 aromatic carbocycles. The Bertz CT molecular complexity index is 465. The summed E-state index contributed by atoms with van der Waals surface area (Å²) in [5.41, 5.74) is 2.14. The van der Waals surface area contributed by atoms with Gasteiger partial charge >= 0.3 is 0 Å². The van der Waals surface area contributed by atoms with Gasteiger partial charge in [-0.3, -0.25) is 4.90 Å². The molecule has 1 aliphatic rings. The number of benzene rings is 1. The number of phenolic OH excluding ortho intramolecular Hbond substituents is 1. The minimum atomic E-state index is 0. The Hall–Kier alpha value is -0.260. The second kappa shape index (κ2) is 9.70. The van der Waals surface area contributed by atoms with Crippen LogP contribution in [0.5, 0.6) is 5.75 Å². The van der Waals surface area contributed by atoms with Gasteiger partial charge in [0, 0.05) is 42.3 Å². The van der Waals surface area contributed by atoms with Gasteiger partial charge in [-0.15, -0.1) is 31.4 Å². The molecular formula is C15H23BrCl2N2O. The van der Waals surface area contributed by atoms with Crippen molar-refractivity contribution in [1.82, 2.24) is 10.2 Å². The minimum absolute atomic E-state index is 0. The number of nitrogens with one attached hydrogen (secondary N) is 1. The van der Waals surface area contributed by atoms with Crippen molar-refractivity contribution >= 4 is 40.7 Å². The first-order valence-electron chi connectivity index (χ1n) is 6.65. The van der Waals surface area contributed by atoms with Gasteiger partial charge in [-0.2, -0.15) is 0 Å². The number of hydrogen-bond donors (Lipinski definition) is 2. The second-order valence-corrected chi connectivity index (χ2v) is 6.08. The van der Waals surface area contributed by atoms with Crippen LogP contribution in [0.3, 0.4) is 0 Å². The van der Waals surface area contributed by atoms with E-state index in [1.165, 1.54) is 0 Å². The van der Waals surface area contributed by atoms with E-state index in [1.54, 1.807) is 6.07 Å². The predicted octanol–water partition coefficient (Wildman–Crippen LogP) is 3.91. The second-order valence-electron chi connectivity index (χ2n) is 5.17. The molecule has 0 spiro atoms. The van der Waals surface area contributed by atoms with E-state index < -0.39 is 0 Å². The molecule has 0 unspecified atom stereocenters. The van der Waals surface area contributed by atoms with Crippen LogP contribution in [0, 0.1) is 0 Å². The van der Waals surface area contributed by atoms with Crippen LogP contribution in [-0.2, 0) is 0 Å². The van der Waals surface area contributed by atoms with Crippen molar-refractivity contribution in [2.75, 3.05) is 26.2 Å². The molecule has 2 rings (SSSR count). The van der Waals surface area contributed by atoms with Crippen LogP contribution in [0.2, 0.25) is 0 Å². The first kappa shape index (κ1) is 20.7. The number of halogens is 3. The highest BCUT2D eigenvalue weighted by atomic mass is 79.9. The number of rotatable bonds is 4. The Labute approximate surface area is 147 Å². The van der Waals surface area contributed by atoms with Gasteiger partial charge in [0.2, 0.25) is 0 Å². The average Bonchev–Trinajstić information content (AvgIpc) is 2.37. The Morgan fingerprint density at radius 3 is 2.52 bits per heavy atom. The molecule has 3 nitrogen and oxygen atoms in total. The highest BCUT2D eigenvalue weighted by Crippen LogP contribution is 2.34. The highest BCUT2D eigenvalue weighted by molar-refractivity contribution is 9.10. The molecule has 1 aromatic rings. The highest BCUT2D eigenvalue weighted by Gasteiger charge is 2.24. The summed E-state index contributed by atoms with van der Waals surface area (Å²) >= 11 is 3.39. The number of piperazine rings is 1. The summed E-state index contributed by atoms with van der Waals surface area (Å²) in [5.74, 6) is 0.360. The lowest BCUT2D eigenvalue weighted by atomic mass is 9.97. The predicted molar refractivity (Wildman–Crippen MR) is 96.9 cm³/mol. The quantitative estimate of drug-likeness (QED) is 0.756. The zero-order valence-electron chi connectivity index (χ0n) is 12.1. The molecule has 1 fully saturated rings. The Morgan fingerprint density at radius 2 is 2.00 bits per heavy atom. The molecule has 2 N–H and O–H groups in total.